The van der Waals surface area contributed by atoms with Crippen molar-refractivity contribution in [3.05, 3.63) is 35.4 Å². The smallest absolute Gasteiger partial charge is 0.253 e. The molecule has 0 aliphatic carbocycles. The molecule has 1 fully saturated rings. The van der Waals surface area contributed by atoms with Gasteiger partial charge < -0.3 is 10.0 Å². The number of hydrogen-bond acceptors (Lipinski definition) is 2. The first-order valence-corrected chi connectivity index (χ1v) is 6.17. The SMILES string of the molecule is Cc1ccc(C(=O)N2CCCC(CO)C2)cc1. The van der Waals surface area contributed by atoms with E-state index in [1.165, 1.54) is 0 Å². The van der Waals surface area contributed by atoms with Crippen molar-refractivity contribution in [3.8, 4) is 0 Å². The van der Waals surface area contributed by atoms with Gasteiger partial charge in [0, 0.05) is 25.3 Å². The fraction of sp³-hybridized carbons (Fsp3) is 0.500. The van der Waals surface area contributed by atoms with E-state index in [0.29, 0.717) is 6.54 Å². The molecule has 17 heavy (non-hydrogen) atoms. The fourth-order valence-corrected chi connectivity index (χ4v) is 2.28. The van der Waals surface area contributed by atoms with Crippen LogP contribution < -0.4 is 0 Å². The number of carbonyl (C=O) groups is 1. The number of aryl methyl sites for hydroxylation is 1. The molecule has 0 saturated carbocycles. The lowest BCUT2D eigenvalue weighted by Gasteiger charge is -2.31. The average molecular weight is 233 g/mol. The number of carbonyl (C=O) groups excluding carboxylic acids is 1. The van der Waals surface area contributed by atoms with Gasteiger partial charge in [0.2, 0.25) is 0 Å². The molecule has 1 aliphatic heterocycles. The monoisotopic (exact) mass is 233 g/mol. The number of piperidine rings is 1. The largest absolute Gasteiger partial charge is 0.396 e. The summed E-state index contributed by atoms with van der Waals surface area (Å²) in [4.78, 5) is 14.1. The average Bonchev–Trinajstić information content (AvgIpc) is 2.39. The predicted octanol–water partition coefficient (Wildman–Crippen LogP) is 1.84. The summed E-state index contributed by atoms with van der Waals surface area (Å²) in [5, 5.41) is 9.16. The second-order valence-electron chi connectivity index (χ2n) is 4.81. The van der Waals surface area contributed by atoms with Gasteiger partial charge in [0.15, 0.2) is 0 Å². The Kier molecular flexibility index (Phi) is 3.79. The first-order chi connectivity index (χ1) is 8.20. The molecule has 2 rings (SSSR count). The Hall–Kier alpha value is -1.35. The Labute approximate surface area is 102 Å². The minimum absolute atomic E-state index is 0.0863. The molecule has 1 aromatic rings. The number of benzene rings is 1. The van der Waals surface area contributed by atoms with E-state index in [4.69, 9.17) is 5.11 Å². The molecule has 1 amide bonds. The molecule has 0 spiro atoms. The van der Waals surface area contributed by atoms with Crippen molar-refractivity contribution in [1.82, 2.24) is 4.90 Å². The lowest BCUT2D eigenvalue weighted by molar-refractivity contribution is 0.0620. The summed E-state index contributed by atoms with van der Waals surface area (Å²) >= 11 is 0. The van der Waals surface area contributed by atoms with Crippen LogP contribution in [0.15, 0.2) is 24.3 Å². The van der Waals surface area contributed by atoms with E-state index in [1.54, 1.807) is 0 Å². The first kappa shape index (κ1) is 12.1. The van der Waals surface area contributed by atoms with Gasteiger partial charge in [-0.25, -0.2) is 0 Å². The Balaban J connectivity index is 2.06. The molecule has 1 aliphatic rings. The molecule has 3 heteroatoms. The molecule has 0 aromatic heterocycles. The predicted molar refractivity (Wildman–Crippen MR) is 66.9 cm³/mol. The highest BCUT2D eigenvalue weighted by Gasteiger charge is 2.23. The van der Waals surface area contributed by atoms with Crippen molar-refractivity contribution in [2.75, 3.05) is 19.7 Å². The third kappa shape index (κ3) is 2.86. The number of likely N-dealkylation sites (tertiary alicyclic amines) is 1. The van der Waals surface area contributed by atoms with Gasteiger partial charge in [-0.05, 0) is 37.8 Å². The summed E-state index contributed by atoms with van der Waals surface area (Å²) in [6.45, 7) is 3.68. The van der Waals surface area contributed by atoms with Crippen molar-refractivity contribution >= 4 is 5.91 Å². The number of hydrogen-bond donors (Lipinski definition) is 1. The summed E-state index contributed by atoms with van der Waals surface area (Å²) in [5.41, 5.74) is 1.91. The molecule has 1 atom stereocenters. The summed E-state index contributed by atoms with van der Waals surface area (Å²) in [7, 11) is 0. The van der Waals surface area contributed by atoms with Gasteiger partial charge in [0.05, 0.1) is 0 Å². The molecule has 1 unspecified atom stereocenters. The van der Waals surface area contributed by atoms with Gasteiger partial charge >= 0.3 is 0 Å². The third-order valence-corrected chi connectivity index (χ3v) is 3.36. The minimum Gasteiger partial charge on any atom is -0.396 e. The lowest BCUT2D eigenvalue weighted by atomic mass is 9.98. The fourth-order valence-electron chi connectivity index (χ4n) is 2.28. The summed E-state index contributed by atoms with van der Waals surface area (Å²) < 4.78 is 0. The number of aliphatic hydroxyl groups excluding tert-OH is 1. The van der Waals surface area contributed by atoms with Gasteiger partial charge in [0.1, 0.15) is 0 Å². The van der Waals surface area contributed by atoms with E-state index >= 15 is 0 Å². The molecule has 1 saturated heterocycles. The number of nitrogens with zero attached hydrogens (tertiary/aromatic N) is 1. The van der Waals surface area contributed by atoms with E-state index in [-0.39, 0.29) is 18.4 Å². The molecule has 0 radical (unpaired) electrons. The van der Waals surface area contributed by atoms with Gasteiger partial charge in [0.25, 0.3) is 5.91 Å². The highest BCUT2D eigenvalue weighted by Crippen LogP contribution is 2.18. The molecule has 1 aromatic carbocycles. The maximum atomic E-state index is 12.2. The normalized spacial score (nSPS) is 20.4. The second-order valence-corrected chi connectivity index (χ2v) is 4.81. The zero-order valence-electron chi connectivity index (χ0n) is 10.2. The van der Waals surface area contributed by atoms with Crippen LogP contribution in [0.1, 0.15) is 28.8 Å². The van der Waals surface area contributed by atoms with E-state index in [1.807, 2.05) is 36.1 Å². The highest BCUT2D eigenvalue weighted by molar-refractivity contribution is 5.94. The van der Waals surface area contributed by atoms with Crippen molar-refractivity contribution in [2.24, 2.45) is 5.92 Å². The van der Waals surface area contributed by atoms with Gasteiger partial charge in [-0.1, -0.05) is 17.7 Å². The van der Waals surface area contributed by atoms with Crippen LogP contribution in [0.5, 0.6) is 0 Å². The van der Waals surface area contributed by atoms with Gasteiger partial charge in [-0.15, -0.1) is 0 Å². The molecule has 3 nitrogen and oxygen atoms in total. The minimum atomic E-state index is 0.0863. The Morgan fingerprint density at radius 2 is 2.12 bits per heavy atom. The molecule has 0 bridgehead atoms. The van der Waals surface area contributed by atoms with Crippen LogP contribution in [0.2, 0.25) is 0 Å². The van der Waals surface area contributed by atoms with Crippen LogP contribution in [-0.4, -0.2) is 35.6 Å². The number of rotatable bonds is 2. The van der Waals surface area contributed by atoms with Crippen LogP contribution in [0.4, 0.5) is 0 Å². The lowest BCUT2D eigenvalue weighted by Crippen LogP contribution is -2.40. The highest BCUT2D eigenvalue weighted by atomic mass is 16.3. The Morgan fingerprint density at radius 1 is 1.41 bits per heavy atom. The quantitative estimate of drug-likeness (QED) is 0.846. The van der Waals surface area contributed by atoms with Gasteiger partial charge in [-0.3, -0.25) is 4.79 Å². The van der Waals surface area contributed by atoms with Crippen LogP contribution in [0.25, 0.3) is 0 Å². The molecule has 1 N–H and O–H groups in total. The van der Waals surface area contributed by atoms with E-state index < -0.39 is 0 Å². The molecular weight excluding hydrogens is 214 g/mol. The Bertz CT molecular complexity index is 386. The zero-order valence-corrected chi connectivity index (χ0v) is 10.2. The summed E-state index contributed by atoms with van der Waals surface area (Å²) in [5.74, 6) is 0.335. The standard InChI is InChI=1S/C14H19NO2/c1-11-4-6-13(7-5-11)14(17)15-8-2-3-12(9-15)10-16/h4-7,12,16H,2-3,8-10H2,1H3. The van der Waals surface area contributed by atoms with Crippen LogP contribution >= 0.6 is 0 Å². The summed E-state index contributed by atoms with van der Waals surface area (Å²) in [6.07, 6.45) is 2.01. The number of amides is 1. The molecule has 1 heterocycles. The van der Waals surface area contributed by atoms with E-state index in [0.717, 1.165) is 30.5 Å². The second kappa shape index (κ2) is 5.32. The third-order valence-electron chi connectivity index (χ3n) is 3.36. The van der Waals surface area contributed by atoms with Crippen LogP contribution in [0.3, 0.4) is 0 Å². The van der Waals surface area contributed by atoms with Crippen LogP contribution in [0, 0.1) is 12.8 Å². The first-order valence-electron chi connectivity index (χ1n) is 6.17. The molecule has 92 valence electrons. The maximum Gasteiger partial charge on any atom is 0.253 e. The van der Waals surface area contributed by atoms with Crippen LogP contribution in [-0.2, 0) is 0 Å². The van der Waals surface area contributed by atoms with E-state index in [2.05, 4.69) is 0 Å². The van der Waals surface area contributed by atoms with Crippen molar-refractivity contribution in [2.45, 2.75) is 19.8 Å². The van der Waals surface area contributed by atoms with Crippen molar-refractivity contribution < 1.29 is 9.90 Å². The van der Waals surface area contributed by atoms with Gasteiger partial charge in [-0.2, -0.15) is 0 Å². The Morgan fingerprint density at radius 3 is 2.76 bits per heavy atom. The molecular formula is C14H19NO2. The maximum absolute atomic E-state index is 12.2. The van der Waals surface area contributed by atoms with Crippen molar-refractivity contribution in [1.29, 1.82) is 0 Å². The topological polar surface area (TPSA) is 40.5 Å². The summed E-state index contributed by atoms with van der Waals surface area (Å²) in [6, 6.07) is 7.67. The van der Waals surface area contributed by atoms with Crippen molar-refractivity contribution in [3.63, 3.8) is 0 Å². The van der Waals surface area contributed by atoms with E-state index in [9.17, 15) is 4.79 Å². The number of aliphatic hydroxyl groups is 1. The zero-order chi connectivity index (χ0) is 12.3.